The minimum Gasteiger partial charge on any atom is -0.547 e. The van der Waals surface area contributed by atoms with Crippen molar-refractivity contribution < 1.29 is 44.2 Å². The number of halogens is 1. The predicted molar refractivity (Wildman–Crippen MR) is 67.3 cm³/mol. The average Bonchev–Trinajstić information content (AvgIpc) is 3.12. The van der Waals surface area contributed by atoms with Crippen LogP contribution >= 0.6 is 11.6 Å². The molecule has 1 aliphatic heterocycles. The molecule has 1 aliphatic rings. The Kier molecular flexibility index (Phi) is 6.84. The molecule has 1 aromatic carbocycles. The summed E-state index contributed by atoms with van der Waals surface area (Å²) in [6, 6.07) is 7.82. The van der Waals surface area contributed by atoms with Crippen molar-refractivity contribution in [3.05, 3.63) is 34.9 Å². The quantitative estimate of drug-likeness (QED) is 0.366. The van der Waals surface area contributed by atoms with Gasteiger partial charge in [-0.25, -0.2) is 0 Å². The van der Waals surface area contributed by atoms with Gasteiger partial charge in [0.2, 0.25) is 0 Å². The summed E-state index contributed by atoms with van der Waals surface area (Å²) >= 11 is 5.81. The van der Waals surface area contributed by atoms with Crippen molar-refractivity contribution in [3.8, 4) is 0 Å². The zero-order chi connectivity index (χ0) is 13.0. The number of aliphatic carboxylic acids is 1. The molecule has 1 unspecified atom stereocenters. The first-order valence-electron chi connectivity index (χ1n) is 6.22. The number of unbranched alkanes of at least 4 members (excludes halogenated alkanes) is 2. The Morgan fingerprint density at radius 2 is 1.89 bits per heavy atom. The van der Waals surface area contributed by atoms with Gasteiger partial charge in [-0.15, -0.1) is 0 Å². The standard InChI is InChI=1S/C14H17ClO3.Na/c15-12-7-5-11(6-8-12)4-2-1-3-9-14(10-18-14)13(16)17;/h5-8H,1-4,9-10H2,(H,16,17);/q;+1/p-1. The van der Waals surface area contributed by atoms with E-state index in [2.05, 4.69) is 0 Å². The summed E-state index contributed by atoms with van der Waals surface area (Å²) < 4.78 is 4.96. The molecule has 98 valence electrons. The first kappa shape index (κ1) is 17.0. The molecule has 0 amide bonds. The second-order valence-electron chi connectivity index (χ2n) is 4.76. The van der Waals surface area contributed by atoms with Crippen LogP contribution in [-0.4, -0.2) is 18.2 Å². The fraction of sp³-hybridized carbons (Fsp3) is 0.500. The number of ether oxygens (including phenoxy) is 1. The smallest absolute Gasteiger partial charge is 0.547 e. The summed E-state index contributed by atoms with van der Waals surface area (Å²) in [6.45, 7) is 0.312. The largest absolute Gasteiger partial charge is 1.00 e. The SMILES string of the molecule is O=C([O-])C1(CCCCCc2ccc(Cl)cc2)CO1.[Na+]. The molecule has 19 heavy (non-hydrogen) atoms. The van der Waals surface area contributed by atoms with Crippen LogP contribution in [0.4, 0.5) is 0 Å². The van der Waals surface area contributed by atoms with E-state index in [9.17, 15) is 9.90 Å². The van der Waals surface area contributed by atoms with E-state index in [1.807, 2.05) is 24.3 Å². The van der Waals surface area contributed by atoms with Crippen LogP contribution in [0.25, 0.3) is 0 Å². The Bertz CT molecular complexity index is 415. The maximum atomic E-state index is 10.8. The molecular weight excluding hydrogens is 275 g/mol. The number of carbonyl (C=O) groups is 1. The van der Waals surface area contributed by atoms with Gasteiger partial charge in [0.1, 0.15) is 5.60 Å². The number of hydrogen-bond donors (Lipinski definition) is 0. The molecule has 5 heteroatoms. The molecule has 0 radical (unpaired) electrons. The van der Waals surface area contributed by atoms with Gasteiger partial charge in [-0.3, -0.25) is 0 Å². The van der Waals surface area contributed by atoms with Gasteiger partial charge in [0.15, 0.2) is 0 Å². The Morgan fingerprint density at radius 3 is 2.42 bits per heavy atom. The van der Waals surface area contributed by atoms with Crippen molar-refractivity contribution in [2.45, 2.75) is 37.7 Å². The molecule has 3 nitrogen and oxygen atoms in total. The maximum Gasteiger partial charge on any atom is 1.00 e. The molecule has 1 atom stereocenters. The van der Waals surface area contributed by atoms with Crippen LogP contribution in [0.15, 0.2) is 24.3 Å². The van der Waals surface area contributed by atoms with Crippen molar-refractivity contribution in [1.29, 1.82) is 0 Å². The van der Waals surface area contributed by atoms with E-state index in [1.165, 1.54) is 5.56 Å². The molecule has 0 N–H and O–H groups in total. The van der Waals surface area contributed by atoms with Gasteiger partial charge in [-0.05, 0) is 37.0 Å². The molecule has 1 fully saturated rings. The van der Waals surface area contributed by atoms with Crippen LogP contribution in [0.1, 0.15) is 31.2 Å². The molecule has 0 bridgehead atoms. The zero-order valence-corrected chi connectivity index (χ0v) is 13.9. The van der Waals surface area contributed by atoms with Crippen molar-refractivity contribution in [1.82, 2.24) is 0 Å². The van der Waals surface area contributed by atoms with Gasteiger partial charge < -0.3 is 14.6 Å². The summed E-state index contributed by atoms with van der Waals surface area (Å²) in [6.07, 6.45) is 4.47. The summed E-state index contributed by atoms with van der Waals surface area (Å²) in [5.41, 5.74) is 0.303. The number of carboxylic acids is 1. The Balaban J connectivity index is 0.00000180. The van der Waals surface area contributed by atoms with E-state index in [0.717, 1.165) is 30.7 Å². The Hall–Kier alpha value is -0.0600. The number of benzene rings is 1. The van der Waals surface area contributed by atoms with Gasteiger partial charge in [-0.2, -0.15) is 0 Å². The second-order valence-corrected chi connectivity index (χ2v) is 5.19. The molecule has 1 aromatic rings. The van der Waals surface area contributed by atoms with Crippen molar-refractivity contribution >= 4 is 17.6 Å². The average molecular weight is 291 g/mol. The number of hydrogen-bond acceptors (Lipinski definition) is 3. The summed E-state index contributed by atoms with van der Waals surface area (Å²) in [5, 5.41) is 11.5. The van der Waals surface area contributed by atoms with Gasteiger partial charge >= 0.3 is 29.6 Å². The van der Waals surface area contributed by atoms with Gasteiger partial charge in [-0.1, -0.05) is 36.6 Å². The number of carboxylic acid groups (broad SMARTS) is 1. The third-order valence-electron chi connectivity index (χ3n) is 3.32. The molecule has 1 heterocycles. The number of aryl methyl sites for hydroxylation is 1. The number of rotatable bonds is 7. The molecule has 0 aliphatic carbocycles. The molecule has 1 saturated heterocycles. The molecule has 0 spiro atoms. The van der Waals surface area contributed by atoms with E-state index >= 15 is 0 Å². The van der Waals surface area contributed by atoms with Crippen molar-refractivity contribution in [3.63, 3.8) is 0 Å². The van der Waals surface area contributed by atoms with Crippen LogP contribution < -0.4 is 34.7 Å². The van der Waals surface area contributed by atoms with Crippen LogP contribution in [0.5, 0.6) is 0 Å². The number of epoxide rings is 1. The minimum absolute atomic E-state index is 0. The predicted octanol–water partition coefficient (Wildman–Crippen LogP) is -1.03. The van der Waals surface area contributed by atoms with E-state index in [4.69, 9.17) is 16.3 Å². The maximum absolute atomic E-state index is 10.8. The number of carbonyl (C=O) groups excluding carboxylic acids is 1. The third-order valence-corrected chi connectivity index (χ3v) is 3.58. The zero-order valence-electron chi connectivity index (χ0n) is 11.2. The minimum atomic E-state index is -1.07. The van der Waals surface area contributed by atoms with E-state index in [1.54, 1.807) is 0 Å². The summed E-state index contributed by atoms with van der Waals surface area (Å²) in [4.78, 5) is 10.8. The van der Waals surface area contributed by atoms with Crippen molar-refractivity contribution in [2.24, 2.45) is 0 Å². The first-order chi connectivity index (χ1) is 8.62. The summed E-state index contributed by atoms with van der Waals surface area (Å²) in [5.74, 6) is -1.07. The van der Waals surface area contributed by atoms with Crippen LogP contribution in [0.3, 0.4) is 0 Å². The second kappa shape index (κ2) is 7.65. The van der Waals surface area contributed by atoms with E-state index in [-0.39, 0.29) is 29.6 Å². The monoisotopic (exact) mass is 290 g/mol. The van der Waals surface area contributed by atoms with E-state index < -0.39 is 11.6 Å². The van der Waals surface area contributed by atoms with Crippen LogP contribution in [0, 0.1) is 0 Å². The summed E-state index contributed by atoms with van der Waals surface area (Å²) in [7, 11) is 0. The van der Waals surface area contributed by atoms with Crippen LogP contribution in [0.2, 0.25) is 5.02 Å². The van der Waals surface area contributed by atoms with Crippen LogP contribution in [-0.2, 0) is 16.0 Å². The van der Waals surface area contributed by atoms with Gasteiger partial charge in [0, 0.05) is 5.02 Å². The molecular formula is C14H16ClNaO3. The molecule has 2 rings (SSSR count). The normalized spacial score (nSPS) is 20.7. The van der Waals surface area contributed by atoms with Gasteiger partial charge in [0.05, 0.1) is 12.6 Å². The van der Waals surface area contributed by atoms with Gasteiger partial charge in [0.25, 0.3) is 0 Å². The Labute approximate surface area is 140 Å². The Morgan fingerprint density at radius 1 is 1.26 bits per heavy atom. The fourth-order valence-corrected chi connectivity index (χ4v) is 2.14. The molecule has 0 aromatic heterocycles. The topological polar surface area (TPSA) is 52.7 Å². The third kappa shape index (κ3) is 5.09. The molecule has 0 saturated carbocycles. The first-order valence-corrected chi connectivity index (χ1v) is 6.60. The fourth-order valence-electron chi connectivity index (χ4n) is 2.02. The van der Waals surface area contributed by atoms with Crippen molar-refractivity contribution in [2.75, 3.05) is 6.61 Å². The van der Waals surface area contributed by atoms with E-state index in [0.29, 0.717) is 13.0 Å².